The van der Waals surface area contributed by atoms with Gasteiger partial charge in [-0.15, -0.1) is 0 Å². The molecule has 0 saturated heterocycles. The second kappa shape index (κ2) is 4.10. The summed E-state index contributed by atoms with van der Waals surface area (Å²) in [5.74, 6) is 1.02. The normalized spacial score (nSPS) is 17.2. The van der Waals surface area contributed by atoms with Crippen LogP contribution < -0.4 is 10.5 Å². The minimum Gasteiger partial charge on any atom is -0.496 e. The Morgan fingerprint density at radius 1 is 1.25 bits per heavy atom. The monoisotopic (exact) mass is 219 g/mol. The Labute approximate surface area is 97.8 Å². The fourth-order valence-electron chi connectivity index (χ4n) is 2.21. The van der Waals surface area contributed by atoms with Crippen molar-refractivity contribution in [3.63, 3.8) is 0 Å². The molecule has 0 bridgehead atoms. The van der Waals surface area contributed by atoms with Gasteiger partial charge in [-0.2, -0.15) is 0 Å². The van der Waals surface area contributed by atoms with E-state index in [1.807, 2.05) is 0 Å². The molecule has 0 heterocycles. The topological polar surface area (TPSA) is 35.2 Å². The molecule has 0 aromatic heterocycles. The van der Waals surface area contributed by atoms with Crippen molar-refractivity contribution >= 4 is 0 Å². The van der Waals surface area contributed by atoms with E-state index in [4.69, 9.17) is 10.5 Å². The van der Waals surface area contributed by atoms with Crippen LogP contribution in [0.2, 0.25) is 0 Å². The van der Waals surface area contributed by atoms with E-state index >= 15 is 0 Å². The highest BCUT2D eigenvalue weighted by atomic mass is 16.5. The molecule has 2 rings (SSSR count). The summed E-state index contributed by atoms with van der Waals surface area (Å²) in [5.41, 5.74) is 10.1. The van der Waals surface area contributed by atoms with Crippen LogP contribution in [0.3, 0.4) is 0 Å². The zero-order valence-electron chi connectivity index (χ0n) is 10.5. The minimum atomic E-state index is 0.370. The predicted molar refractivity (Wildman–Crippen MR) is 66.9 cm³/mol. The number of nitrogens with two attached hydrogens (primary N) is 1. The second-order valence-corrected chi connectivity index (χ2v) is 5.13. The van der Waals surface area contributed by atoms with Gasteiger partial charge in [0.2, 0.25) is 0 Å². The molecule has 0 amide bonds. The SMILES string of the molecule is COc1cc(C)c(C)cc1CC1(CN)CC1. The van der Waals surface area contributed by atoms with Crippen molar-refractivity contribution in [2.24, 2.45) is 11.1 Å². The van der Waals surface area contributed by atoms with E-state index in [2.05, 4.69) is 26.0 Å². The van der Waals surface area contributed by atoms with Crippen LogP contribution in [0.25, 0.3) is 0 Å². The first-order valence-electron chi connectivity index (χ1n) is 5.94. The van der Waals surface area contributed by atoms with Crippen LogP contribution in [0, 0.1) is 19.3 Å². The number of hydrogen-bond acceptors (Lipinski definition) is 2. The average molecular weight is 219 g/mol. The van der Waals surface area contributed by atoms with Gasteiger partial charge in [0.15, 0.2) is 0 Å². The first kappa shape index (κ1) is 11.5. The summed E-state index contributed by atoms with van der Waals surface area (Å²) in [6, 6.07) is 4.39. The molecular formula is C14H21NO. The highest BCUT2D eigenvalue weighted by Crippen LogP contribution is 2.48. The molecule has 1 aromatic rings. The van der Waals surface area contributed by atoms with E-state index in [1.165, 1.54) is 29.5 Å². The van der Waals surface area contributed by atoms with Crippen LogP contribution in [-0.2, 0) is 6.42 Å². The average Bonchev–Trinajstić information content (AvgIpc) is 3.04. The summed E-state index contributed by atoms with van der Waals surface area (Å²) in [4.78, 5) is 0. The number of aryl methyl sites for hydroxylation is 2. The number of benzene rings is 1. The maximum atomic E-state index is 5.84. The molecule has 2 heteroatoms. The maximum Gasteiger partial charge on any atom is 0.122 e. The Balaban J connectivity index is 2.28. The van der Waals surface area contributed by atoms with E-state index in [0.717, 1.165) is 18.7 Å². The first-order valence-corrected chi connectivity index (χ1v) is 5.94. The fourth-order valence-corrected chi connectivity index (χ4v) is 2.21. The summed E-state index contributed by atoms with van der Waals surface area (Å²) >= 11 is 0. The van der Waals surface area contributed by atoms with Gasteiger partial charge in [0, 0.05) is 0 Å². The van der Waals surface area contributed by atoms with Crippen molar-refractivity contribution in [2.75, 3.05) is 13.7 Å². The molecule has 0 radical (unpaired) electrons. The van der Waals surface area contributed by atoms with E-state index in [9.17, 15) is 0 Å². The summed E-state index contributed by atoms with van der Waals surface area (Å²) < 4.78 is 5.46. The standard InChI is InChI=1S/C14H21NO/c1-10-6-12(8-14(9-15)4-5-14)13(16-3)7-11(10)2/h6-7H,4-5,8-9,15H2,1-3H3. The quantitative estimate of drug-likeness (QED) is 0.844. The van der Waals surface area contributed by atoms with Gasteiger partial charge >= 0.3 is 0 Å². The molecule has 0 unspecified atom stereocenters. The Bertz CT molecular complexity index is 394. The highest BCUT2D eigenvalue weighted by molar-refractivity contribution is 5.42. The zero-order chi connectivity index (χ0) is 11.8. The summed E-state index contributed by atoms with van der Waals surface area (Å²) in [5, 5.41) is 0. The molecule has 1 aromatic carbocycles. The van der Waals surface area contributed by atoms with Gasteiger partial charge in [-0.3, -0.25) is 0 Å². The Kier molecular flexibility index (Phi) is 2.94. The van der Waals surface area contributed by atoms with Gasteiger partial charge < -0.3 is 10.5 Å². The molecule has 16 heavy (non-hydrogen) atoms. The third-order valence-electron chi connectivity index (χ3n) is 3.85. The smallest absolute Gasteiger partial charge is 0.122 e. The molecule has 2 N–H and O–H groups in total. The molecule has 88 valence electrons. The van der Waals surface area contributed by atoms with E-state index in [1.54, 1.807) is 7.11 Å². The lowest BCUT2D eigenvalue weighted by Gasteiger charge is -2.16. The van der Waals surface area contributed by atoms with Crippen LogP contribution in [0.1, 0.15) is 29.5 Å². The maximum absolute atomic E-state index is 5.84. The molecule has 0 atom stereocenters. The Morgan fingerprint density at radius 3 is 2.38 bits per heavy atom. The molecular weight excluding hydrogens is 198 g/mol. The van der Waals surface area contributed by atoms with Crippen molar-refractivity contribution in [1.29, 1.82) is 0 Å². The van der Waals surface area contributed by atoms with Gasteiger partial charge in [-0.25, -0.2) is 0 Å². The lowest BCUT2D eigenvalue weighted by atomic mass is 9.93. The number of rotatable bonds is 4. The Morgan fingerprint density at radius 2 is 1.88 bits per heavy atom. The van der Waals surface area contributed by atoms with Gasteiger partial charge in [0.1, 0.15) is 5.75 Å². The third kappa shape index (κ3) is 2.07. The Hall–Kier alpha value is -1.02. The van der Waals surface area contributed by atoms with Gasteiger partial charge in [-0.05, 0) is 67.8 Å². The third-order valence-corrected chi connectivity index (χ3v) is 3.85. The van der Waals surface area contributed by atoms with E-state index < -0.39 is 0 Å². The van der Waals surface area contributed by atoms with Crippen molar-refractivity contribution in [3.8, 4) is 5.75 Å². The first-order chi connectivity index (χ1) is 7.60. The zero-order valence-corrected chi connectivity index (χ0v) is 10.5. The summed E-state index contributed by atoms with van der Waals surface area (Å²) in [6.07, 6.45) is 3.59. The number of hydrogen-bond donors (Lipinski definition) is 1. The molecule has 0 spiro atoms. The molecule has 0 aliphatic heterocycles. The van der Waals surface area contributed by atoms with Crippen LogP contribution in [0.4, 0.5) is 0 Å². The summed E-state index contributed by atoms with van der Waals surface area (Å²) in [7, 11) is 1.75. The van der Waals surface area contributed by atoms with Crippen LogP contribution in [-0.4, -0.2) is 13.7 Å². The van der Waals surface area contributed by atoms with Crippen LogP contribution in [0.15, 0.2) is 12.1 Å². The minimum absolute atomic E-state index is 0.370. The highest BCUT2D eigenvalue weighted by Gasteiger charge is 2.41. The van der Waals surface area contributed by atoms with E-state index in [0.29, 0.717) is 5.41 Å². The van der Waals surface area contributed by atoms with Gasteiger partial charge in [0.25, 0.3) is 0 Å². The van der Waals surface area contributed by atoms with Crippen LogP contribution >= 0.6 is 0 Å². The largest absolute Gasteiger partial charge is 0.496 e. The number of methoxy groups -OCH3 is 1. The molecule has 1 fully saturated rings. The van der Waals surface area contributed by atoms with Gasteiger partial charge in [-0.1, -0.05) is 6.07 Å². The van der Waals surface area contributed by atoms with Crippen molar-refractivity contribution in [2.45, 2.75) is 33.1 Å². The predicted octanol–water partition coefficient (Wildman–Crippen LogP) is 2.59. The van der Waals surface area contributed by atoms with Crippen molar-refractivity contribution in [1.82, 2.24) is 0 Å². The molecule has 1 aliphatic carbocycles. The number of ether oxygens (including phenoxy) is 1. The van der Waals surface area contributed by atoms with E-state index in [-0.39, 0.29) is 0 Å². The van der Waals surface area contributed by atoms with Crippen molar-refractivity contribution in [3.05, 3.63) is 28.8 Å². The lowest BCUT2D eigenvalue weighted by Crippen LogP contribution is -2.18. The van der Waals surface area contributed by atoms with Crippen molar-refractivity contribution < 1.29 is 4.74 Å². The lowest BCUT2D eigenvalue weighted by molar-refractivity contribution is 0.401. The molecule has 1 saturated carbocycles. The molecule has 2 nitrogen and oxygen atoms in total. The van der Waals surface area contributed by atoms with Crippen LogP contribution in [0.5, 0.6) is 5.75 Å². The molecule has 1 aliphatic rings. The summed E-state index contributed by atoms with van der Waals surface area (Å²) in [6.45, 7) is 5.07. The fraction of sp³-hybridized carbons (Fsp3) is 0.571. The van der Waals surface area contributed by atoms with Gasteiger partial charge in [0.05, 0.1) is 7.11 Å². The second-order valence-electron chi connectivity index (χ2n) is 5.13.